The van der Waals surface area contributed by atoms with Gasteiger partial charge in [0.1, 0.15) is 0 Å². The maximum Gasteiger partial charge on any atom is 0.303 e. The fourth-order valence-corrected chi connectivity index (χ4v) is 1.75. The first kappa shape index (κ1) is 14.5. The Morgan fingerprint density at radius 1 is 1.33 bits per heavy atom. The number of para-hydroxylation sites is 1. The summed E-state index contributed by atoms with van der Waals surface area (Å²) < 4.78 is 5.08. The summed E-state index contributed by atoms with van der Waals surface area (Å²) in [5.74, 6) is -0.726. The van der Waals surface area contributed by atoms with E-state index in [1.165, 1.54) is 5.56 Å². The summed E-state index contributed by atoms with van der Waals surface area (Å²) in [5, 5.41) is 11.9. The predicted octanol–water partition coefficient (Wildman–Crippen LogP) is 2.54. The Bertz CT molecular complexity index is 366. The van der Waals surface area contributed by atoms with Crippen LogP contribution in [0.25, 0.3) is 0 Å². The van der Waals surface area contributed by atoms with E-state index in [2.05, 4.69) is 11.4 Å². The molecule has 18 heavy (non-hydrogen) atoms. The van der Waals surface area contributed by atoms with Crippen LogP contribution in [-0.2, 0) is 16.0 Å². The summed E-state index contributed by atoms with van der Waals surface area (Å²) in [7, 11) is 1.70. The van der Waals surface area contributed by atoms with Crippen molar-refractivity contribution in [3.05, 3.63) is 29.8 Å². The van der Waals surface area contributed by atoms with Crippen molar-refractivity contribution in [1.29, 1.82) is 0 Å². The number of nitrogens with one attached hydrogen (secondary N) is 1. The molecule has 100 valence electrons. The highest BCUT2D eigenvalue weighted by Crippen LogP contribution is 2.15. The normalized spacial score (nSPS) is 10.3. The van der Waals surface area contributed by atoms with Crippen LogP contribution < -0.4 is 5.32 Å². The molecule has 0 bridgehead atoms. The Hall–Kier alpha value is -1.55. The third kappa shape index (κ3) is 5.68. The fourth-order valence-electron chi connectivity index (χ4n) is 1.75. The van der Waals surface area contributed by atoms with Crippen LogP contribution in [0.4, 0.5) is 5.69 Å². The third-order valence-corrected chi connectivity index (χ3v) is 2.73. The molecule has 1 aromatic rings. The molecule has 0 heterocycles. The Kier molecular flexibility index (Phi) is 6.87. The molecule has 0 aliphatic heterocycles. The quantitative estimate of drug-likeness (QED) is 0.662. The van der Waals surface area contributed by atoms with Gasteiger partial charge in [0.15, 0.2) is 0 Å². The highest BCUT2D eigenvalue weighted by molar-refractivity contribution is 5.66. The lowest BCUT2D eigenvalue weighted by atomic mass is 10.1. The van der Waals surface area contributed by atoms with E-state index in [1.807, 2.05) is 18.2 Å². The van der Waals surface area contributed by atoms with Crippen molar-refractivity contribution in [3.63, 3.8) is 0 Å². The summed E-state index contributed by atoms with van der Waals surface area (Å²) in [6.07, 6.45) is 2.70. The molecule has 0 amide bonds. The largest absolute Gasteiger partial charge is 0.481 e. The molecule has 0 fully saturated rings. The number of carboxylic acids is 1. The molecule has 1 aromatic carbocycles. The van der Waals surface area contributed by atoms with Crippen molar-refractivity contribution in [2.24, 2.45) is 0 Å². The number of benzene rings is 1. The average molecular weight is 251 g/mol. The molecule has 0 aliphatic carbocycles. The van der Waals surface area contributed by atoms with Gasteiger partial charge in [-0.3, -0.25) is 4.79 Å². The molecule has 4 nitrogen and oxygen atoms in total. The zero-order chi connectivity index (χ0) is 13.2. The van der Waals surface area contributed by atoms with E-state index in [4.69, 9.17) is 9.84 Å². The maximum absolute atomic E-state index is 10.4. The van der Waals surface area contributed by atoms with Crippen LogP contribution in [0.15, 0.2) is 24.3 Å². The lowest BCUT2D eigenvalue weighted by Crippen LogP contribution is -2.06. The Balaban J connectivity index is 2.34. The predicted molar refractivity (Wildman–Crippen MR) is 72.0 cm³/mol. The van der Waals surface area contributed by atoms with Gasteiger partial charge in [-0.05, 0) is 30.9 Å². The highest BCUT2D eigenvalue weighted by atomic mass is 16.5. The minimum Gasteiger partial charge on any atom is -0.481 e. The van der Waals surface area contributed by atoms with Crippen LogP contribution in [0.2, 0.25) is 0 Å². The van der Waals surface area contributed by atoms with Crippen LogP contribution in [0.3, 0.4) is 0 Å². The molecule has 0 saturated heterocycles. The second kappa shape index (κ2) is 8.53. The van der Waals surface area contributed by atoms with Gasteiger partial charge in [0.2, 0.25) is 0 Å². The number of methoxy groups -OCH3 is 1. The van der Waals surface area contributed by atoms with Crippen molar-refractivity contribution >= 4 is 11.7 Å². The molecule has 4 heteroatoms. The smallest absolute Gasteiger partial charge is 0.303 e. The summed E-state index contributed by atoms with van der Waals surface area (Å²) in [5.41, 5.74) is 2.35. The number of hydrogen-bond donors (Lipinski definition) is 2. The van der Waals surface area contributed by atoms with Gasteiger partial charge >= 0.3 is 5.97 Å². The molecule has 1 rings (SSSR count). The van der Waals surface area contributed by atoms with Crippen LogP contribution in [-0.4, -0.2) is 31.3 Å². The number of carbonyl (C=O) groups is 1. The number of rotatable bonds is 9. The Labute approximate surface area is 108 Å². The molecule has 0 aromatic heterocycles. The molecular formula is C14H21NO3. The van der Waals surface area contributed by atoms with E-state index < -0.39 is 5.97 Å². The summed E-state index contributed by atoms with van der Waals surface area (Å²) in [6, 6.07) is 8.14. The fraction of sp³-hybridized carbons (Fsp3) is 0.500. The summed E-state index contributed by atoms with van der Waals surface area (Å²) in [4.78, 5) is 10.4. The molecule has 0 unspecified atom stereocenters. The van der Waals surface area contributed by atoms with E-state index in [0.29, 0.717) is 13.0 Å². The first-order valence-electron chi connectivity index (χ1n) is 6.26. The second-order valence-corrected chi connectivity index (χ2v) is 4.18. The number of unbranched alkanes of at least 4 members (excludes halogenated alkanes) is 1. The minimum absolute atomic E-state index is 0.243. The molecule has 2 N–H and O–H groups in total. The van der Waals surface area contributed by atoms with E-state index in [-0.39, 0.29) is 6.42 Å². The molecule has 0 saturated carbocycles. The van der Waals surface area contributed by atoms with E-state index in [1.54, 1.807) is 7.11 Å². The number of carboxylic acid groups (broad SMARTS) is 1. The van der Waals surface area contributed by atoms with Gasteiger partial charge in [0.25, 0.3) is 0 Å². The highest BCUT2D eigenvalue weighted by Gasteiger charge is 2.01. The Morgan fingerprint density at radius 2 is 2.11 bits per heavy atom. The van der Waals surface area contributed by atoms with Gasteiger partial charge in [-0.25, -0.2) is 0 Å². The van der Waals surface area contributed by atoms with Crippen molar-refractivity contribution in [1.82, 2.24) is 0 Å². The van der Waals surface area contributed by atoms with Crippen molar-refractivity contribution in [2.45, 2.75) is 25.7 Å². The van der Waals surface area contributed by atoms with Crippen LogP contribution >= 0.6 is 0 Å². The number of aliphatic carboxylic acids is 1. The summed E-state index contributed by atoms with van der Waals surface area (Å²) in [6.45, 7) is 1.51. The minimum atomic E-state index is -0.726. The zero-order valence-corrected chi connectivity index (χ0v) is 10.8. The Morgan fingerprint density at radius 3 is 2.83 bits per heavy atom. The zero-order valence-electron chi connectivity index (χ0n) is 10.8. The van der Waals surface area contributed by atoms with Crippen LogP contribution in [0, 0.1) is 0 Å². The van der Waals surface area contributed by atoms with Crippen molar-refractivity contribution in [3.8, 4) is 0 Å². The second-order valence-electron chi connectivity index (χ2n) is 4.18. The van der Waals surface area contributed by atoms with Gasteiger partial charge < -0.3 is 15.2 Å². The van der Waals surface area contributed by atoms with Crippen molar-refractivity contribution in [2.75, 3.05) is 25.6 Å². The number of ether oxygens (including phenoxy) is 1. The molecule has 0 aliphatic rings. The van der Waals surface area contributed by atoms with E-state index >= 15 is 0 Å². The standard InChI is InChI=1S/C14H21NO3/c1-18-11-9-12-6-2-3-7-13(12)15-10-5-4-8-14(16)17/h2-3,6-7,15H,4-5,8-11H2,1H3,(H,16,17). The maximum atomic E-state index is 10.4. The molecular weight excluding hydrogens is 230 g/mol. The first-order valence-corrected chi connectivity index (χ1v) is 6.26. The topological polar surface area (TPSA) is 58.6 Å². The average Bonchev–Trinajstić information content (AvgIpc) is 2.36. The third-order valence-electron chi connectivity index (χ3n) is 2.73. The first-order chi connectivity index (χ1) is 8.74. The number of anilines is 1. The van der Waals surface area contributed by atoms with Crippen LogP contribution in [0.5, 0.6) is 0 Å². The van der Waals surface area contributed by atoms with Crippen LogP contribution in [0.1, 0.15) is 24.8 Å². The lowest BCUT2D eigenvalue weighted by molar-refractivity contribution is -0.137. The van der Waals surface area contributed by atoms with Crippen molar-refractivity contribution < 1.29 is 14.6 Å². The van der Waals surface area contributed by atoms with E-state index in [0.717, 1.165) is 25.1 Å². The van der Waals surface area contributed by atoms with E-state index in [9.17, 15) is 4.79 Å². The lowest BCUT2D eigenvalue weighted by Gasteiger charge is -2.11. The van der Waals surface area contributed by atoms with Gasteiger partial charge in [-0.1, -0.05) is 18.2 Å². The monoisotopic (exact) mass is 251 g/mol. The number of hydrogen-bond acceptors (Lipinski definition) is 3. The van der Waals surface area contributed by atoms with Gasteiger partial charge in [-0.15, -0.1) is 0 Å². The summed E-state index contributed by atoms with van der Waals surface area (Å²) >= 11 is 0. The SMILES string of the molecule is COCCc1ccccc1NCCCCC(=O)O. The molecule has 0 spiro atoms. The van der Waals surface area contributed by atoms with Gasteiger partial charge in [-0.2, -0.15) is 0 Å². The molecule has 0 radical (unpaired) electrons. The van der Waals surface area contributed by atoms with Gasteiger partial charge in [0.05, 0.1) is 6.61 Å². The van der Waals surface area contributed by atoms with Gasteiger partial charge in [0, 0.05) is 25.8 Å². The molecule has 0 atom stereocenters.